The first-order chi connectivity index (χ1) is 19.3. The highest BCUT2D eigenvalue weighted by atomic mass is 16.6. The van der Waals surface area contributed by atoms with Crippen LogP contribution >= 0.6 is 0 Å². The number of carbonyl (C=O) groups is 1. The van der Waals surface area contributed by atoms with Gasteiger partial charge in [-0.25, -0.2) is 9.78 Å². The van der Waals surface area contributed by atoms with Crippen molar-refractivity contribution in [1.29, 1.82) is 0 Å². The SMILES string of the molecule is CC(C)(C)OC(=O)NC1CCN(c2cccc(-c3ccc4c(c3)C(C)(C)C(OCc3ccccc3)C4(C)C)n2)CC1. The number of hydrogen-bond acceptors (Lipinski definition) is 5. The number of ether oxygens (including phenoxy) is 2. The summed E-state index contributed by atoms with van der Waals surface area (Å²) in [6.45, 7) is 17.1. The van der Waals surface area contributed by atoms with E-state index in [0.717, 1.165) is 43.0 Å². The minimum absolute atomic E-state index is 0.0512. The van der Waals surface area contributed by atoms with Crippen LogP contribution in [0.15, 0.2) is 66.7 Å². The lowest BCUT2D eigenvalue weighted by Gasteiger charge is -2.36. The van der Waals surface area contributed by atoms with Crippen LogP contribution in [-0.2, 0) is 26.9 Å². The van der Waals surface area contributed by atoms with E-state index in [0.29, 0.717) is 6.61 Å². The monoisotopic (exact) mass is 555 g/mol. The van der Waals surface area contributed by atoms with Crippen molar-refractivity contribution < 1.29 is 14.3 Å². The molecule has 6 nitrogen and oxygen atoms in total. The predicted octanol–water partition coefficient (Wildman–Crippen LogP) is 7.40. The molecule has 1 aromatic heterocycles. The highest BCUT2D eigenvalue weighted by molar-refractivity contribution is 5.68. The third-order valence-electron chi connectivity index (χ3n) is 8.55. The number of hydrogen-bond donors (Lipinski definition) is 1. The van der Waals surface area contributed by atoms with Crippen LogP contribution < -0.4 is 10.2 Å². The van der Waals surface area contributed by atoms with Gasteiger partial charge < -0.3 is 19.7 Å². The second-order valence-corrected chi connectivity index (χ2v) is 13.7. The van der Waals surface area contributed by atoms with E-state index < -0.39 is 5.60 Å². The number of benzene rings is 2. The van der Waals surface area contributed by atoms with Crippen LogP contribution in [0.2, 0.25) is 0 Å². The van der Waals surface area contributed by atoms with Gasteiger partial charge in [0.15, 0.2) is 0 Å². The van der Waals surface area contributed by atoms with E-state index in [1.54, 1.807) is 0 Å². The van der Waals surface area contributed by atoms with Gasteiger partial charge in [-0.1, -0.05) is 76.2 Å². The fraction of sp³-hybridized carbons (Fsp3) is 0.486. The van der Waals surface area contributed by atoms with Crippen molar-refractivity contribution in [2.24, 2.45) is 0 Å². The molecule has 0 radical (unpaired) electrons. The van der Waals surface area contributed by atoms with Crippen molar-refractivity contribution in [2.45, 2.75) is 96.5 Å². The lowest BCUT2D eigenvalue weighted by atomic mass is 9.78. The molecule has 0 saturated carbocycles. The summed E-state index contributed by atoms with van der Waals surface area (Å²) in [5.41, 5.74) is 5.22. The van der Waals surface area contributed by atoms with Crippen molar-refractivity contribution in [3.8, 4) is 11.3 Å². The topological polar surface area (TPSA) is 63.7 Å². The van der Waals surface area contributed by atoms with Crippen molar-refractivity contribution in [3.05, 3.63) is 83.4 Å². The summed E-state index contributed by atoms with van der Waals surface area (Å²) >= 11 is 0. The van der Waals surface area contributed by atoms with Gasteiger partial charge >= 0.3 is 6.09 Å². The minimum atomic E-state index is -0.492. The Labute approximate surface area is 245 Å². The maximum absolute atomic E-state index is 12.2. The van der Waals surface area contributed by atoms with Crippen molar-refractivity contribution in [3.63, 3.8) is 0 Å². The number of nitrogens with zero attached hydrogens (tertiary/aromatic N) is 2. The molecule has 1 amide bonds. The van der Waals surface area contributed by atoms with E-state index in [4.69, 9.17) is 14.5 Å². The average Bonchev–Trinajstić information content (AvgIpc) is 3.07. The summed E-state index contributed by atoms with van der Waals surface area (Å²) in [4.78, 5) is 19.6. The highest BCUT2D eigenvalue weighted by Gasteiger charge is 2.52. The Bertz CT molecular complexity index is 1370. The molecule has 5 rings (SSSR count). The number of amides is 1. The Morgan fingerprint density at radius 1 is 0.927 bits per heavy atom. The number of carbonyl (C=O) groups excluding carboxylic acids is 1. The quantitative estimate of drug-likeness (QED) is 0.343. The van der Waals surface area contributed by atoms with Gasteiger partial charge in [0.05, 0.1) is 18.4 Å². The van der Waals surface area contributed by atoms with Crippen molar-refractivity contribution in [2.75, 3.05) is 18.0 Å². The molecule has 2 aliphatic rings. The first-order valence-corrected chi connectivity index (χ1v) is 14.9. The second-order valence-electron chi connectivity index (χ2n) is 13.7. The summed E-state index contributed by atoms with van der Waals surface area (Å²) < 4.78 is 12.1. The standard InChI is InChI=1S/C35H45N3O3/c1-33(2,3)41-32(39)36-26-18-20-38(21-19-26)30-15-11-14-29(37-30)25-16-17-27-28(22-25)35(6,7)31(34(27,4)5)40-23-24-12-9-8-10-13-24/h8-17,22,26,31H,18-21,23H2,1-7H3,(H,36,39). The number of rotatable bonds is 6. The highest BCUT2D eigenvalue weighted by Crippen LogP contribution is 2.52. The fourth-order valence-electron chi connectivity index (χ4n) is 6.64. The Morgan fingerprint density at radius 2 is 1.61 bits per heavy atom. The van der Waals surface area contributed by atoms with Gasteiger partial charge in [0.25, 0.3) is 0 Å². The number of pyridine rings is 1. The molecule has 1 fully saturated rings. The van der Waals surface area contributed by atoms with Crippen LogP contribution in [0.3, 0.4) is 0 Å². The smallest absolute Gasteiger partial charge is 0.407 e. The maximum Gasteiger partial charge on any atom is 0.407 e. The molecule has 1 saturated heterocycles. The van der Waals surface area contributed by atoms with Crippen LogP contribution in [0.4, 0.5) is 10.6 Å². The first kappa shape index (κ1) is 29.1. The summed E-state index contributed by atoms with van der Waals surface area (Å²) in [7, 11) is 0. The molecular formula is C35H45N3O3. The molecule has 6 heteroatoms. The van der Waals surface area contributed by atoms with E-state index in [-0.39, 0.29) is 29.1 Å². The van der Waals surface area contributed by atoms with Crippen LogP contribution in [0.5, 0.6) is 0 Å². The average molecular weight is 556 g/mol. The third kappa shape index (κ3) is 6.28. The van der Waals surface area contributed by atoms with Gasteiger partial charge in [-0.3, -0.25) is 0 Å². The molecule has 2 heterocycles. The minimum Gasteiger partial charge on any atom is -0.444 e. The van der Waals surface area contributed by atoms with Crippen molar-refractivity contribution in [1.82, 2.24) is 10.3 Å². The summed E-state index contributed by atoms with van der Waals surface area (Å²) in [5, 5.41) is 3.03. The fourth-order valence-corrected chi connectivity index (χ4v) is 6.64. The van der Waals surface area contributed by atoms with Crippen LogP contribution in [0, 0.1) is 0 Å². The third-order valence-corrected chi connectivity index (χ3v) is 8.55. The molecule has 1 aliphatic heterocycles. The normalized spacial score (nSPS) is 20.0. The Hall–Kier alpha value is -3.38. The molecule has 1 aliphatic carbocycles. The predicted molar refractivity (Wildman–Crippen MR) is 165 cm³/mol. The van der Waals surface area contributed by atoms with Crippen LogP contribution in [-0.4, -0.2) is 41.9 Å². The first-order valence-electron chi connectivity index (χ1n) is 14.9. The molecule has 218 valence electrons. The number of aromatic nitrogens is 1. The Balaban J connectivity index is 1.29. The number of piperidine rings is 1. The molecule has 1 N–H and O–H groups in total. The molecular weight excluding hydrogens is 510 g/mol. The van der Waals surface area contributed by atoms with E-state index in [1.165, 1.54) is 16.7 Å². The lowest BCUT2D eigenvalue weighted by Crippen LogP contribution is -2.46. The van der Waals surface area contributed by atoms with E-state index in [2.05, 4.69) is 98.6 Å². The second kappa shape index (κ2) is 11.1. The number of alkyl carbamates (subject to hydrolysis) is 1. The zero-order chi connectivity index (χ0) is 29.4. The Morgan fingerprint density at radius 3 is 2.29 bits per heavy atom. The van der Waals surface area contributed by atoms with Gasteiger partial charge in [0, 0.05) is 35.5 Å². The number of nitrogens with one attached hydrogen (secondary N) is 1. The van der Waals surface area contributed by atoms with Crippen molar-refractivity contribution >= 4 is 11.9 Å². The molecule has 0 spiro atoms. The largest absolute Gasteiger partial charge is 0.444 e. The number of fused-ring (bicyclic) bond motifs is 1. The molecule has 3 aromatic rings. The zero-order valence-corrected chi connectivity index (χ0v) is 25.7. The van der Waals surface area contributed by atoms with Gasteiger partial charge in [-0.15, -0.1) is 0 Å². The zero-order valence-electron chi connectivity index (χ0n) is 25.7. The van der Waals surface area contributed by atoms with Gasteiger partial charge in [0.2, 0.25) is 0 Å². The molecule has 1 unspecified atom stereocenters. The van der Waals surface area contributed by atoms with E-state index >= 15 is 0 Å². The molecule has 41 heavy (non-hydrogen) atoms. The van der Waals surface area contributed by atoms with Crippen LogP contribution in [0.25, 0.3) is 11.3 Å². The van der Waals surface area contributed by atoms with E-state index in [9.17, 15) is 4.79 Å². The van der Waals surface area contributed by atoms with Gasteiger partial charge in [-0.2, -0.15) is 0 Å². The summed E-state index contributed by atoms with van der Waals surface area (Å²) in [6.07, 6.45) is 1.43. The Kier molecular flexibility index (Phi) is 7.90. The van der Waals surface area contributed by atoms with E-state index in [1.807, 2.05) is 26.8 Å². The molecule has 1 atom stereocenters. The number of anilines is 1. The molecule has 0 bridgehead atoms. The van der Waals surface area contributed by atoms with Gasteiger partial charge in [0.1, 0.15) is 11.4 Å². The molecule has 2 aromatic carbocycles. The lowest BCUT2D eigenvalue weighted by molar-refractivity contribution is -0.0339. The summed E-state index contributed by atoms with van der Waals surface area (Å²) in [6, 6.07) is 23.6. The van der Waals surface area contributed by atoms with Gasteiger partial charge in [-0.05, 0) is 68.5 Å². The maximum atomic E-state index is 12.2. The summed E-state index contributed by atoms with van der Waals surface area (Å²) in [5.74, 6) is 0.974. The van der Waals surface area contributed by atoms with Crippen LogP contribution in [0.1, 0.15) is 78.0 Å².